The number of hydrogen-bond donors (Lipinski definition) is 4. The summed E-state index contributed by atoms with van der Waals surface area (Å²) in [5.74, 6) is -1.97. The molecule has 0 fully saturated rings. The van der Waals surface area contributed by atoms with Crippen molar-refractivity contribution >= 4 is 41.5 Å². The fraction of sp³-hybridized carbons (Fsp3) is 0.204. The number of carbonyl (C=O) groups is 5. The van der Waals surface area contributed by atoms with E-state index in [9.17, 15) is 24.0 Å². The van der Waals surface area contributed by atoms with Gasteiger partial charge in [0, 0.05) is 35.6 Å². The van der Waals surface area contributed by atoms with E-state index in [4.69, 9.17) is 9.47 Å². The zero-order valence-electron chi connectivity index (χ0n) is 36.7. The Hall–Kier alpha value is -7.44. The Morgan fingerprint density at radius 3 is 1.59 bits per heavy atom. The highest BCUT2D eigenvalue weighted by Crippen LogP contribution is 2.37. The maximum absolute atomic E-state index is 14.5. The average molecular weight is 903 g/mol. The van der Waals surface area contributed by atoms with E-state index in [0.717, 1.165) is 32.7 Å². The number of alkyl carbamates (subject to hydrolysis) is 1. The number of hydrogen-bond acceptors (Lipinski definition) is 8. The Bertz CT molecular complexity index is 2380. The summed E-state index contributed by atoms with van der Waals surface area (Å²) in [5.41, 5.74) is 3.02. The van der Waals surface area contributed by atoms with Crippen LogP contribution in [0.15, 0.2) is 199 Å². The van der Waals surface area contributed by atoms with Crippen molar-refractivity contribution in [1.82, 2.24) is 21.3 Å². The fourth-order valence-corrected chi connectivity index (χ4v) is 8.29. The summed E-state index contributed by atoms with van der Waals surface area (Å²) in [7, 11) is 0. The van der Waals surface area contributed by atoms with Crippen molar-refractivity contribution in [2.45, 2.75) is 61.4 Å². The number of ether oxygens (including phenoxy) is 2. The minimum absolute atomic E-state index is 0.00361. The summed E-state index contributed by atoms with van der Waals surface area (Å²) in [4.78, 5) is 69.7. The number of esters is 1. The highest BCUT2D eigenvalue weighted by atomic mass is 32.2. The van der Waals surface area contributed by atoms with Gasteiger partial charge in [-0.2, -0.15) is 0 Å². The van der Waals surface area contributed by atoms with E-state index < -0.39 is 47.5 Å². The van der Waals surface area contributed by atoms with Crippen LogP contribution >= 0.6 is 11.8 Å². The van der Waals surface area contributed by atoms with Gasteiger partial charge in [-0.15, -0.1) is 11.8 Å². The van der Waals surface area contributed by atoms with Crippen molar-refractivity contribution in [3.8, 4) is 0 Å². The van der Waals surface area contributed by atoms with E-state index in [-0.39, 0.29) is 44.1 Å². The third-order valence-corrected chi connectivity index (χ3v) is 11.7. The van der Waals surface area contributed by atoms with Crippen molar-refractivity contribution < 1.29 is 33.4 Å². The molecule has 4 amide bonds. The lowest BCUT2D eigenvalue weighted by Crippen LogP contribution is -2.56. The molecule has 0 unspecified atom stereocenters. The standard InChI is InChI=1S/C54H54N4O7S/c1-2-64-50(60)36-34-45(33-35-49(59)58-54(42-25-13-5-14-26-42,43-27-15-6-16-28-43)44-29-17-7-18-30-44)55-51(61)47(37-40-21-9-3-10-22-40)56-52(62)48(39-66-46-31-19-8-20-32-46)57-53(63)65-38-41-23-11-4-12-24-41/h3-32,34,36,45,47-48H,2,33,35,37-39H2,1H3,(H,55,61)(H,56,62)(H,57,63)(H,58,59)/b36-34+/t45-,47-,48-/m0/s1. The van der Waals surface area contributed by atoms with Gasteiger partial charge in [-0.25, -0.2) is 9.59 Å². The smallest absolute Gasteiger partial charge is 0.408 e. The highest BCUT2D eigenvalue weighted by molar-refractivity contribution is 7.99. The molecule has 66 heavy (non-hydrogen) atoms. The minimum atomic E-state index is -1.14. The van der Waals surface area contributed by atoms with Crippen LogP contribution in [-0.2, 0) is 47.2 Å². The molecule has 0 bridgehead atoms. The molecule has 338 valence electrons. The van der Waals surface area contributed by atoms with Crippen LogP contribution in [0.3, 0.4) is 0 Å². The number of benzene rings is 6. The largest absolute Gasteiger partial charge is 0.463 e. The lowest BCUT2D eigenvalue weighted by molar-refractivity contribution is -0.137. The molecule has 6 aromatic carbocycles. The third-order valence-electron chi connectivity index (χ3n) is 10.6. The predicted octanol–water partition coefficient (Wildman–Crippen LogP) is 8.29. The average Bonchev–Trinajstić information content (AvgIpc) is 3.36. The van der Waals surface area contributed by atoms with Crippen molar-refractivity contribution in [2.75, 3.05) is 12.4 Å². The van der Waals surface area contributed by atoms with E-state index in [1.165, 1.54) is 23.9 Å². The van der Waals surface area contributed by atoms with Gasteiger partial charge in [0.1, 0.15) is 24.2 Å². The molecule has 0 saturated heterocycles. The van der Waals surface area contributed by atoms with E-state index in [2.05, 4.69) is 21.3 Å². The van der Waals surface area contributed by atoms with E-state index in [0.29, 0.717) is 0 Å². The van der Waals surface area contributed by atoms with Crippen LogP contribution < -0.4 is 21.3 Å². The quantitative estimate of drug-likeness (QED) is 0.0230. The summed E-state index contributed by atoms with van der Waals surface area (Å²) < 4.78 is 10.6. The lowest BCUT2D eigenvalue weighted by atomic mass is 9.77. The molecule has 0 aromatic heterocycles. The van der Waals surface area contributed by atoms with Gasteiger partial charge >= 0.3 is 12.1 Å². The van der Waals surface area contributed by atoms with Gasteiger partial charge in [0.2, 0.25) is 17.7 Å². The summed E-state index contributed by atoms with van der Waals surface area (Å²) in [6, 6.07) is 53.9. The Balaban J connectivity index is 1.23. The van der Waals surface area contributed by atoms with Crippen LogP contribution in [0.2, 0.25) is 0 Å². The topological polar surface area (TPSA) is 152 Å². The van der Waals surface area contributed by atoms with Crippen LogP contribution in [0.25, 0.3) is 0 Å². The van der Waals surface area contributed by atoms with Crippen molar-refractivity contribution in [1.29, 1.82) is 0 Å². The second kappa shape index (κ2) is 25.2. The van der Waals surface area contributed by atoms with Gasteiger partial charge < -0.3 is 30.7 Å². The fourth-order valence-electron chi connectivity index (χ4n) is 7.34. The normalized spacial score (nSPS) is 12.5. The molecule has 4 N–H and O–H groups in total. The molecule has 3 atom stereocenters. The first-order chi connectivity index (χ1) is 32.2. The Morgan fingerprint density at radius 1 is 0.576 bits per heavy atom. The molecule has 11 nitrogen and oxygen atoms in total. The van der Waals surface area contributed by atoms with Crippen molar-refractivity contribution in [3.05, 3.63) is 222 Å². The summed E-state index contributed by atoms with van der Waals surface area (Å²) in [6.07, 6.45) is 2.04. The summed E-state index contributed by atoms with van der Waals surface area (Å²) in [6.45, 7) is 1.83. The summed E-state index contributed by atoms with van der Waals surface area (Å²) in [5, 5.41) is 11.9. The van der Waals surface area contributed by atoms with Crippen molar-refractivity contribution in [3.63, 3.8) is 0 Å². The summed E-state index contributed by atoms with van der Waals surface area (Å²) >= 11 is 1.36. The molecule has 0 saturated carbocycles. The number of thioether (sulfide) groups is 1. The van der Waals surface area contributed by atoms with E-state index >= 15 is 0 Å². The third kappa shape index (κ3) is 14.3. The van der Waals surface area contributed by atoms with Gasteiger partial charge in [0.05, 0.1) is 6.61 Å². The molecule has 6 rings (SSSR count). The van der Waals surface area contributed by atoms with Crippen LogP contribution in [-0.4, -0.2) is 60.3 Å². The number of nitrogens with one attached hydrogen (secondary N) is 4. The number of amides is 4. The Kier molecular flexibility index (Phi) is 18.3. The SMILES string of the molecule is CCOC(=O)/C=C/[C@H](CCC(=O)NC(c1ccccc1)(c1ccccc1)c1ccccc1)NC(=O)[C@H](Cc1ccccc1)NC(=O)[C@H](CSc1ccccc1)NC(=O)OCc1ccccc1. The highest BCUT2D eigenvalue weighted by Gasteiger charge is 2.38. The predicted molar refractivity (Wildman–Crippen MR) is 257 cm³/mol. The second-order valence-electron chi connectivity index (χ2n) is 15.3. The van der Waals surface area contributed by atoms with Gasteiger partial charge in [-0.05, 0) is 53.3 Å². The van der Waals surface area contributed by atoms with Gasteiger partial charge in [0.25, 0.3) is 0 Å². The van der Waals surface area contributed by atoms with Crippen LogP contribution in [0.4, 0.5) is 4.79 Å². The molecule has 0 spiro atoms. The van der Waals surface area contributed by atoms with Gasteiger partial charge in [-0.3, -0.25) is 14.4 Å². The molecule has 0 aliphatic carbocycles. The first-order valence-corrected chi connectivity index (χ1v) is 22.8. The van der Waals surface area contributed by atoms with E-state index in [1.807, 2.05) is 182 Å². The molecule has 0 radical (unpaired) electrons. The van der Waals surface area contributed by atoms with Gasteiger partial charge in [-0.1, -0.05) is 176 Å². The zero-order chi connectivity index (χ0) is 46.4. The molecular weight excluding hydrogens is 849 g/mol. The van der Waals surface area contributed by atoms with E-state index in [1.54, 1.807) is 6.92 Å². The molecule has 12 heteroatoms. The maximum Gasteiger partial charge on any atom is 0.408 e. The van der Waals surface area contributed by atoms with Crippen LogP contribution in [0, 0.1) is 0 Å². The molecule has 0 aliphatic rings. The van der Waals surface area contributed by atoms with Crippen molar-refractivity contribution in [2.24, 2.45) is 0 Å². The molecular formula is C54H54N4O7S. The minimum Gasteiger partial charge on any atom is -0.463 e. The Morgan fingerprint density at radius 2 is 1.06 bits per heavy atom. The number of rotatable bonds is 22. The van der Waals surface area contributed by atoms with Gasteiger partial charge in [0.15, 0.2) is 0 Å². The van der Waals surface area contributed by atoms with Crippen LogP contribution in [0.1, 0.15) is 47.6 Å². The van der Waals surface area contributed by atoms with Crippen LogP contribution in [0.5, 0.6) is 0 Å². The first-order valence-electron chi connectivity index (χ1n) is 21.9. The zero-order valence-corrected chi connectivity index (χ0v) is 37.5. The Labute approximate surface area is 390 Å². The lowest BCUT2D eigenvalue weighted by Gasteiger charge is -2.37. The second-order valence-corrected chi connectivity index (χ2v) is 16.4. The monoisotopic (exact) mass is 902 g/mol. The molecule has 6 aromatic rings. The first kappa shape index (κ1) is 48.0. The molecule has 0 heterocycles. The number of carbonyl (C=O) groups excluding carboxylic acids is 5. The molecule has 0 aliphatic heterocycles. The maximum atomic E-state index is 14.5.